The normalized spacial score (nSPS) is 20.6. The number of methoxy groups -OCH3 is 2. The summed E-state index contributed by atoms with van der Waals surface area (Å²) in [4.78, 5) is 15.6. The number of hydrogen-bond acceptors (Lipinski definition) is 5. The Balaban J connectivity index is 1.50. The molecule has 1 heterocycles. The minimum atomic E-state index is -0.760. The molecule has 0 aliphatic heterocycles. The van der Waals surface area contributed by atoms with Gasteiger partial charge >= 0.3 is 5.97 Å². The van der Waals surface area contributed by atoms with Gasteiger partial charge in [0.25, 0.3) is 0 Å². The first kappa shape index (κ1) is 28.0. The molecule has 0 bridgehead atoms. The lowest BCUT2D eigenvalue weighted by atomic mass is 9.78. The number of aromatic nitrogens is 1. The largest absolute Gasteiger partial charge is 0.489 e. The first-order chi connectivity index (χ1) is 19.0. The molecule has 5 rings (SSSR count). The number of hydrogen-bond donors (Lipinski definition) is 1. The van der Waals surface area contributed by atoms with E-state index in [0.29, 0.717) is 28.9 Å². The number of nitrogens with zero attached hydrogens (tertiary/aromatic N) is 1. The Morgan fingerprint density at radius 1 is 1.12 bits per heavy atom. The molecule has 1 N–H and O–H groups in total. The zero-order valence-electron chi connectivity index (χ0n) is 23.5. The Labute approximate surface area is 233 Å². The summed E-state index contributed by atoms with van der Waals surface area (Å²) in [6, 6.07) is 10.2. The fourth-order valence-corrected chi connectivity index (χ4v) is 6.30. The van der Waals surface area contributed by atoms with E-state index in [4.69, 9.17) is 14.2 Å². The van der Waals surface area contributed by atoms with Crippen LogP contribution in [0.1, 0.15) is 68.4 Å². The summed E-state index contributed by atoms with van der Waals surface area (Å²) in [5.74, 6) is -1.50. The van der Waals surface area contributed by atoms with Gasteiger partial charge in [0.1, 0.15) is 24.0 Å². The van der Waals surface area contributed by atoms with Crippen molar-refractivity contribution in [1.29, 1.82) is 0 Å². The van der Waals surface area contributed by atoms with Gasteiger partial charge in [-0.15, -0.1) is 0 Å². The van der Waals surface area contributed by atoms with Crippen molar-refractivity contribution >= 4 is 5.97 Å². The Morgan fingerprint density at radius 3 is 2.55 bits per heavy atom. The van der Waals surface area contributed by atoms with E-state index >= 15 is 4.39 Å². The molecular weight excluding hydrogens is 516 g/mol. The molecule has 1 saturated carbocycles. The third-order valence-electron chi connectivity index (χ3n) is 8.31. The van der Waals surface area contributed by atoms with E-state index < -0.39 is 23.7 Å². The molecule has 1 spiro atoms. The second-order valence-corrected chi connectivity index (χ2v) is 11.9. The van der Waals surface area contributed by atoms with Crippen molar-refractivity contribution in [3.63, 3.8) is 0 Å². The molecule has 0 unspecified atom stereocenters. The molecule has 8 heteroatoms. The van der Waals surface area contributed by atoms with E-state index in [9.17, 15) is 14.3 Å². The molecule has 0 saturated heterocycles. The highest BCUT2D eigenvalue weighted by atomic mass is 19.1. The highest BCUT2D eigenvalue weighted by molar-refractivity contribution is 5.78. The average Bonchev–Trinajstić information content (AvgIpc) is 3.64. The SMILES string of the molecule is COc1cc(-c2cc(F)c(COc3ccc4c(c3)[C@]3(CCC4)C[C@H]3C(=O)O)cc2[C@H](OC)C(C)(C)C)c(F)cn1. The minimum absolute atomic E-state index is 0.0595. The van der Waals surface area contributed by atoms with Crippen molar-refractivity contribution < 1.29 is 32.9 Å². The Hall–Kier alpha value is -3.52. The quantitative estimate of drug-likeness (QED) is 0.324. The smallest absolute Gasteiger partial charge is 0.307 e. The average molecular weight is 552 g/mol. The number of halogens is 2. The van der Waals surface area contributed by atoms with Crippen molar-refractivity contribution in [3.05, 3.63) is 76.5 Å². The number of fused-ring (bicyclic) bond motifs is 2. The Bertz CT molecular complexity index is 1450. The number of aliphatic carboxylic acids is 1. The fourth-order valence-electron chi connectivity index (χ4n) is 6.30. The van der Waals surface area contributed by atoms with Gasteiger partial charge in [-0.25, -0.2) is 13.8 Å². The van der Waals surface area contributed by atoms with Gasteiger partial charge in [0, 0.05) is 29.7 Å². The van der Waals surface area contributed by atoms with Crippen molar-refractivity contribution in [3.8, 4) is 22.8 Å². The lowest BCUT2D eigenvalue weighted by molar-refractivity contribution is -0.139. The molecule has 2 aliphatic rings. The molecule has 212 valence electrons. The maximum atomic E-state index is 15.6. The predicted octanol–water partition coefficient (Wildman–Crippen LogP) is 7.03. The van der Waals surface area contributed by atoms with Crippen molar-refractivity contribution in [2.24, 2.45) is 11.3 Å². The monoisotopic (exact) mass is 551 g/mol. The van der Waals surface area contributed by atoms with Crippen LogP contribution >= 0.6 is 0 Å². The molecular formula is C32H35F2NO5. The van der Waals surface area contributed by atoms with Crippen LogP contribution in [0.25, 0.3) is 11.1 Å². The second-order valence-electron chi connectivity index (χ2n) is 11.9. The van der Waals surface area contributed by atoms with Crippen LogP contribution in [0.4, 0.5) is 8.78 Å². The van der Waals surface area contributed by atoms with Crippen LogP contribution in [-0.2, 0) is 28.0 Å². The highest BCUT2D eigenvalue weighted by Crippen LogP contribution is 2.60. The lowest BCUT2D eigenvalue weighted by Gasteiger charge is -2.32. The molecule has 0 amide bonds. The number of rotatable bonds is 8. The summed E-state index contributed by atoms with van der Waals surface area (Å²) in [5.41, 5.74) is 2.92. The van der Waals surface area contributed by atoms with Crippen LogP contribution < -0.4 is 9.47 Å². The molecule has 1 fully saturated rings. The summed E-state index contributed by atoms with van der Waals surface area (Å²) >= 11 is 0. The summed E-state index contributed by atoms with van der Waals surface area (Å²) in [6.45, 7) is 5.94. The van der Waals surface area contributed by atoms with Gasteiger partial charge in [-0.05, 0) is 77.6 Å². The van der Waals surface area contributed by atoms with Crippen LogP contribution in [0.15, 0.2) is 42.6 Å². The zero-order valence-corrected chi connectivity index (χ0v) is 23.5. The summed E-state index contributed by atoms with van der Waals surface area (Å²) < 4.78 is 47.7. The first-order valence-electron chi connectivity index (χ1n) is 13.5. The van der Waals surface area contributed by atoms with Crippen LogP contribution in [0.5, 0.6) is 11.6 Å². The first-order valence-corrected chi connectivity index (χ1v) is 13.5. The number of carboxylic acids is 1. The summed E-state index contributed by atoms with van der Waals surface area (Å²) in [7, 11) is 3.01. The van der Waals surface area contributed by atoms with Gasteiger partial charge in [-0.2, -0.15) is 0 Å². The fraction of sp³-hybridized carbons (Fsp3) is 0.438. The lowest BCUT2D eigenvalue weighted by Crippen LogP contribution is -2.22. The van der Waals surface area contributed by atoms with Crippen molar-refractivity contribution in [2.75, 3.05) is 14.2 Å². The van der Waals surface area contributed by atoms with E-state index in [1.165, 1.54) is 19.2 Å². The maximum absolute atomic E-state index is 15.6. The Kier molecular flexibility index (Phi) is 7.33. The highest BCUT2D eigenvalue weighted by Gasteiger charge is 2.60. The number of carboxylic acid groups (broad SMARTS) is 1. The number of carbonyl (C=O) groups is 1. The van der Waals surface area contributed by atoms with Crippen LogP contribution in [-0.4, -0.2) is 30.3 Å². The van der Waals surface area contributed by atoms with Gasteiger partial charge in [0.15, 0.2) is 0 Å². The van der Waals surface area contributed by atoms with E-state index in [0.717, 1.165) is 36.6 Å². The zero-order chi connectivity index (χ0) is 28.8. The van der Waals surface area contributed by atoms with Crippen molar-refractivity contribution in [2.45, 2.75) is 64.6 Å². The van der Waals surface area contributed by atoms with E-state index in [2.05, 4.69) is 4.98 Å². The summed E-state index contributed by atoms with van der Waals surface area (Å²) in [6.07, 6.45) is 3.94. The molecule has 2 aromatic carbocycles. The molecule has 3 aromatic rings. The van der Waals surface area contributed by atoms with Gasteiger partial charge in [-0.1, -0.05) is 26.8 Å². The van der Waals surface area contributed by atoms with Crippen LogP contribution in [0, 0.1) is 23.0 Å². The van der Waals surface area contributed by atoms with Gasteiger partial charge in [0.05, 0.1) is 25.3 Å². The number of aryl methyl sites for hydroxylation is 1. The third kappa shape index (κ3) is 5.05. The van der Waals surface area contributed by atoms with Gasteiger partial charge in [-0.3, -0.25) is 4.79 Å². The van der Waals surface area contributed by atoms with E-state index in [1.54, 1.807) is 13.2 Å². The second kappa shape index (κ2) is 10.5. The molecule has 0 radical (unpaired) electrons. The van der Waals surface area contributed by atoms with E-state index in [1.807, 2.05) is 39.0 Å². The molecule has 3 atom stereocenters. The number of pyridine rings is 1. The van der Waals surface area contributed by atoms with Crippen molar-refractivity contribution in [1.82, 2.24) is 4.98 Å². The number of benzene rings is 2. The van der Waals surface area contributed by atoms with Crippen LogP contribution in [0.3, 0.4) is 0 Å². The predicted molar refractivity (Wildman–Crippen MR) is 146 cm³/mol. The molecule has 40 heavy (non-hydrogen) atoms. The van der Waals surface area contributed by atoms with Crippen LogP contribution in [0.2, 0.25) is 0 Å². The standard InChI is InChI=1S/C32H35F2NO5/c1-31(2,3)29(39-5)23-11-19(26(33)13-21(23)22-14-28(38-4)35-16-27(22)34)17-40-20-9-8-18-7-6-10-32(24(18)12-20)15-25(32)30(36)37/h8-9,11-14,16,25,29H,6-7,10,15,17H2,1-5H3,(H,36,37)/t25-,29-,32-/m0/s1. The molecule has 6 nitrogen and oxygen atoms in total. The number of ether oxygens (including phenoxy) is 3. The van der Waals surface area contributed by atoms with Gasteiger partial charge < -0.3 is 19.3 Å². The third-order valence-corrected chi connectivity index (χ3v) is 8.31. The van der Waals surface area contributed by atoms with Gasteiger partial charge in [0.2, 0.25) is 5.88 Å². The van der Waals surface area contributed by atoms with E-state index in [-0.39, 0.29) is 34.8 Å². The maximum Gasteiger partial charge on any atom is 0.307 e. The Morgan fingerprint density at radius 2 is 1.90 bits per heavy atom. The minimum Gasteiger partial charge on any atom is -0.489 e. The molecule has 2 aliphatic carbocycles. The summed E-state index contributed by atoms with van der Waals surface area (Å²) in [5, 5.41) is 9.63. The topological polar surface area (TPSA) is 77.9 Å². The molecule has 1 aromatic heterocycles.